The third-order valence-electron chi connectivity index (χ3n) is 3.38. The molecule has 1 aromatic heterocycles. The Balaban J connectivity index is 2.35. The molecule has 0 atom stereocenters. The van der Waals surface area contributed by atoms with Crippen LogP contribution < -0.4 is 0 Å². The molecule has 0 aliphatic heterocycles. The van der Waals surface area contributed by atoms with Crippen molar-refractivity contribution in [3.63, 3.8) is 0 Å². The second kappa shape index (κ2) is 6.30. The number of halogens is 2. The number of aromatic nitrogens is 2. The summed E-state index contributed by atoms with van der Waals surface area (Å²) < 4.78 is 1.87. The van der Waals surface area contributed by atoms with Gasteiger partial charge < -0.3 is 0 Å². The molecule has 0 radical (unpaired) electrons. The van der Waals surface area contributed by atoms with E-state index in [4.69, 9.17) is 28.5 Å². The second-order valence-corrected chi connectivity index (χ2v) is 5.47. The number of benzene rings is 1. The molecule has 1 heterocycles. The number of hydrogen-bond donors (Lipinski definition) is 0. The molecule has 5 heteroatoms. The molecule has 2 rings (SSSR count). The molecule has 0 aliphatic rings. The van der Waals surface area contributed by atoms with Crippen LogP contribution in [0.4, 0.5) is 0 Å². The molecule has 0 saturated heterocycles. The van der Waals surface area contributed by atoms with Gasteiger partial charge in [-0.05, 0) is 31.5 Å². The van der Waals surface area contributed by atoms with Gasteiger partial charge in [0.1, 0.15) is 0 Å². The van der Waals surface area contributed by atoms with Crippen LogP contribution in [0.25, 0.3) is 0 Å². The Morgan fingerprint density at radius 2 is 1.85 bits per heavy atom. The highest BCUT2D eigenvalue weighted by Gasteiger charge is 2.15. The second-order valence-electron chi connectivity index (χ2n) is 4.66. The summed E-state index contributed by atoms with van der Waals surface area (Å²) in [5, 5.41) is 14.5. The summed E-state index contributed by atoms with van der Waals surface area (Å²) in [5.74, 6) is 0. The zero-order chi connectivity index (χ0) is 14.7. The van der Waals surface area contributed by atoms with Crippen LogP contribution in [0.15, 0.2) is 18.2 Å². The average Bonchev–Trinajstić information content (AvgIpc) is 2.67. The van der Waals surface area contributed by atoms with Gasteiger partial charge in [0.25, 0.3) is 0 Å². The highest BCUT2D eigenvalue weighted by molar-refractivity contribution is 6.36. The Morgan fingerprint density at radius 1 is 1.20 bits per heavy atom. The van der Waals surface area contributed by atoms with Crippen molar-refractivity contribution in [2.24, 2.45) is 0 Å². The molecule has 20 heavy (non-hydrogen) atoms. The molecule has 2 aromatic rings. The zero-order valence-corrected chi connectivity index (χ0v) is 13.0. The van der Waals surface area contributed by atoms with Gasteiger partial charge in [-0.15, -0.1) is 0 Å². The molecule has 1 aromatic carbocycles. The first-order valence-corrected chi connectivity index (χ1v) is 7.13. The third-order valence-corrected chi connectivity index (χ3v) is 4.09. The molecule has 0 unspecified atom stereocenters. The smallest absolute Gasteiger partial charge is 0.0641 e. The van der Waals surface area contributed by atoms with E-state index in [-0.39, 0.29) is 0 Å². The fourth-order valence-corrected chi connectivity index (χ4v) is 2.77. The van der Waals surface area contributed by atoms with Crippen LogP contribution in [-0.2, 0) is 13.0 Å². The van der Waals surface area contributed by atoms with Gasteiger partial charge in [0, 0.05) is 27.7 Å². The van der Waals surface area contributed by atoms with Crippen molar-refractivity contribution >= 4 is 23.2 Å². The van der Waals surface area contributed by atoms with Crippen LogP contribution in [0.1, 0.15) is 28.9 Å². The summed E-state index contributed by atoms with van der Waals surface area (Å²) in [5.41, 5.74) is 4.06. The van der Waals surface area contributed by atoms with Crippen molar-refractivity contribution < 1.29 is 0 Å². The predicted octanol–water partition coefficient (Wildman–Crippen LogP) is 4.31. The molecular weight excluding hydrogens is 293 g/mol. The monoisotopic (exact) mass is 307 g/mol. The van der Waals surface area contributed by atoms with Gasteiger partial charge >= 0.3 is 0 Å². The van der Waals surface area contributed by atoms with Gasteiger partial charge in [-0.25, -0.2) is 0 Å². The van der Waals surface area contributed by atoms with E-state index in [9.17, 15) is 0 Å². The fourth-order valence-electron chi connectivity index (χ4n) is 2.24. The molecule has 0 bridgehead atoms. The lowest BCUT2D eigenvalue weighted by molar-refractivity contribution is 0.605. The summed E-state index contributed by atoms with van der Waals surface area (Å²) in [6, 6.07) is 7.66. The lowest BCUT2D eigenvalue weighted by Crippen LogP contribution is -2.02. The highest BCUT2D eigenvalue weighted by atomic mass is 35.5. The SMILES string of the molecule is Cc1nn(CCC#N)c(C)c1Cc1c(Cl)cccc1Cl. The summed E-state index contributed by atoms with van der Waals surface area (Å²) in [6.07, 6.45) is 1.11. The number of nitrogens with zero attached hydrogens (tertiary/aromatic N) is 3. The van der Waals surface area contributed by atoms with Gasteiger partial charge in [-0.3, -0.25) is 4.68 Å². The number of aryl methyl sites for hydroxylation is 2. The Morgan fingerprint density at radius 3 is 2.45 bits per heavy atom. The minimum absolute atomic E-state index is 0.453. The highest BCUT2D eigenvalue weighted by Crippen LogP contribution is 2.28. The maximum Gasteiger partial charge on any atom is 0.0641 e. The zero-order valence-electron chi connectivity index (χ0n) is 11.5. The Kier molecular flexibility index (Phi) is 4.69. The Hall–Kier alpha value is -1.50. The van der Waals surface area contributed by atoms with Gasteiger partial charge in [0.05, 0.1) is 24.7 Å². The van der Waals surface area contributed by atoms with E-state index in [1.807, 2.05) is 36.7 Å². The van der Waals surface area contributed by atoms with Crippen molar-refractivity contribution in [1.29, 1.82) is 5.26 Å². The molecule has 0 spiro atoms. The van der Waals surface area contributed by atoms with Gasteiger partial charge in [0.2, 0.25) is 0 Å². The Labute approximate surface area is 128 Å². The van der Waals surface area contributed by atoms with E-state index in [2.05, 4.69) is 11.2 Å². The van der Waals surface area contributed by atoms with E-state index in [1.54, 1.807) is 0 Å². The van der Waals surface area contributed by atoms with E-state index >= 15 is 0 Å². The van der Waals surface area contributed by atoms with Gasteiger partial charge in [-0.1, -0.05) is 29.3 Å². The van der Waals surface area contributed by atoms with Crippen LogP contribution in [0.5, 0.6) is 0 Å². The van der Waals surface area contributed by atoms with Gasteiger partial charge in [0.15, 0.2) is 0 Å². The summed E-state index contributed by atoms with van der Waals surface area (Å²) in [4.78, 5) is 0. The first-order chi connectivity index (χ1) is 9.54. The van der Waals surface area contributed by atoms with Crippen LogP contribution in [0.2, 0.25) is 10.0 Å². The molecule has 0 fully saturated rings. The molecule has 3 nitrogen and oxygen atoms in total. The first kappa shape index (κ1) is 14.9. The van der Waals surface area contributed by atoms with Crippen LogP contribution in [-0.4, -0.2) is 9.78 Å². The van der Waals surface area contributed by atoms with Crippen molar-refractivity contribution in [1.82, 2.24) is 9.78 Å². The lowest BCUT2D eigenvalue weighted by Gasteiger charge is -2.08. The topological polar surface area (TPSA) is 41.6 Å². The summed E-state index contributed by atoms with van der Waals surface area (Å²) in [7, 11) is 0. The number of rotatable bonds is 4. The summed E-state index contributed by atoms with van der Waals surface area (Å²) >= 11 is 12.4. The molecule has 0 amide bonds. The van der Waals surface area contributed by atoms with Crippen molar-refractivity contribution in [2.45, 2.75) is 33.2 Å². The van der Waals surface area contributed by atoms with E-state index in [0.717, 1.165) is 22.5 Å². The van der Waals surface area contributed by atoms with Crippen LogP contribution >= 0.6 is 23.2 Å². The molecule has 0 aliphatic carbocycles. The molecule has 104 valence electrons. The van der Waals surface area contributed by atoms with Crippen molar-refractivity contribution in [3.05, 3.63) is 50.8 Å². The number of nitriles is 1. The number of hydrogen-bond acceptors (Lipinski definition) is 2. The maximum absolute atomic E-state index is 8.68. The minimum atomic E-state index is 0.453. The normalized spacial score (nSPS) is 10.6. The van der Waals surface area contributed by atoms with E-state index in [0.29, 0.717) is 29.4 Å². The van der Waals surface area contributed by atoms with Crippen molar-refractivity contribution in [3.8, 4) is 6.07 Å². The quantitative estimate of drug-likeness (QED) is 0.844. The fraction of sp³-hybridized carbons (Fsp3) is 0.333. The van der Waals surface area contributed by atoms with Crippen LogP contribution in [0, 0.1) is 25.2 Å². The predicted molar refractivity (Wildman–Crippen MR) is 81.2 cm³/mol. The van der Waals surface area contributed by atoms with Crippen molar-refractivity contribution in [2.75, 3.05) is 0 Å². The molecule has 0 saturated carbocycles. The maximum atomic E-state index is 8.68. The average molecular weight is 308 g/mol. The van der Waals surface area contributed by atoms with Crippen LogP contribution in [0.3, 0.4) is 0 Å². The minimum Gasteiger partial charge on any atom is -0.268 e. The Bertz CT molecular complexity index is 648. The molecule has 0 N–H and O–H groups in total. The standard InChI is InChI=1S/C15H15Cl2N3/c1-10-12(11(2)20(19-10)8-4-7-18)9-13-14(16)5-3-6-15(13)17/h3,5-6H,4,8-9H2,1-2H3. The largest absolute Gasteiger partial charge is 0.268 e. The van der Waals surface area contributed by atoms with E-state index < -0.39 is 0 Å². The van der Waals surface area contributed by atoms with E-state index in [1.165, 1.54) is 0 Å². The molecular formula is C15H15Cl2N3. The third kappa shape index (κ3) is 2.98. The lowest BCUT2D eigenvalue weighted by atomic mass is 10.0. The first-order valence-electron chi connectivity index (χ1n) is 6.37. The van der Waals surface area contributed by atoms with Gasteiger partial charge in [-0.2, -0.15) is 10.4 Å². The summed E-state index contributed by atoms with van der Waals surface area (Å²) in [6.45, 7) is 4.59.